The van der Waals surface area contributed by atoms with Gasteiger partial charge in [-0.2, -0.15) is 0 Å². The van der Waals surface area contributed by atoms with Gasteiger partial charge in [-0.3, -0.25) is 0 Å². The van der Waals surface area contributed by atoms with Crippen molar-refractivity contribution in [2.75, 3.05) is 11.4 Å². The normalized spacial score (nSPS) is 15.0. The zero-order chi connectivity index (χ0) is 22.4. The Balaban J connectivity index is 1.39. The lowest BCUT2D eigenvalue weighted by atomic mass is 10.0. The Labute approximate surface area is 203 Å². The van der Waals surface area contributed by atoms with E-state index in [9.17, 15) is 0 Å². The van der Waals surface area contributed by atoms with Crippen molar-refractivity contribution in [1.29, 1.82) is 0 Å². The van der Waals surface area contributed by atoms with Crippen molar-refractivity contribution >= 4 is 66.5 Å². The van der Waals surface area contributed by atoms with Crippen LogP contribution in [0, 0.1) is 0 Å². The largest absolute Gasteiger partial charge is 0.335 e. The molecule has 3 heteroatoms. The summed E-state index contributed by atoms with van der Waals surface area (Å²) in [6.45, 7) is 5.47. The molecule has 0 N–H and O–H groups in total. The van der Waals surface area contributed by atoms with Gasteiger partial charge in [0, 0.05) is 31.8 Å². The van der Waals surface area contributed by atoms with Crippen LogP contribution in [-0.2, 0) is 6.42 Å². The summed E-state index contributed by atoms with van der Waals surface area (Å²) in [5.74, 6) is 0. The van der Waals surface area contributed by atoms with Crippen LogP contribution < -0.4 is 4.90 Å². The molecule has 0 atom stereocenters. The molecule has 1 aliphatic heterocycles. The highest BCUT2D eigenvalue weighted by Gasteiger charge is 2.25. The summed E-state index contributed by atoms with van der Waals surface area (Å²) in [4.78, 5) is 5.17. The molecule has 0 unspecified atom stereocenters. The van der Waals surface area contributed by atoms with Crippen molar-refractivity contribution in [3.8, 4) is 0 Å². The summed E-state index contributed by atoms with van der Waals surface area (Å²) in [6, 6.07) is 26.5. The molecule has 0 radical (unpaired) electrons. The molecule has 162 valence electrons. The van der Waals surface area contributed by atoms with Crippen LogP contribution in [0.4, 0.5) is 5.69 Å². The summed E-state index contributed by atoms with van der Waals surface area (Å²) in [5, 5.41) is 8.05. The highest BCUT2D eigenvalue weighted by molar-refractivity contribution is 8.03. The molecule has 0 aliphatic carbocycles. The second kappa shape index (κ2) is 8.40. The number of rotatable bonds is 4. The van der Waals surface area contributed by atoms with E-state index in [4.69, 9.17) is 0 Å². The summed E-state index contributed by atoms with van der Waals surface area (Å²) >= 11 is 3.78. The number of aryl methyl sites for hydroxylation is 1. The zero-order valence-corrected chi connectivity index (χ0v) is 20.5. The second-order valence-corrected chi connectivity index (χ2v) is 10.4. The van der Waals surface area contributed by atoms with E-state index in [0.717, 1.165) is 13.0 Å². The highest BCUT2D eigenvalue weighted by atomic mass is 32.2. The lowest BCUT2D eigenvalue weighted by molar-refractivity contribution is 1.01. The molecule has 1 nitrogen and oxygen atoms in total. The number of fused-ring (bicyclic) bond motifs is 6. The van der Waals surface area contributed by atoms with E-state index in [1.165, 1.54) is 57.7 Å². The number of nitrogens with zero attached hydrogens (tertiary/aromatic N) is 1. The molecule has 0 amide bonds. The Bertz CT molecular complexity index is 1570. The minimum absolute atomic E-state index is 0.961. The number of anilines is 1. The van der Waals surface area contributed by atoms with Gasteiger partial charge in [-0.15, -0.1) is 11.3 Å². The van der Waals surface area contributed by atoms with Gasteiger partial charge in [-0.1, -0.05) is 85.4 Å². The van der Waals surface area contributed by atoms with Crippen LogP contribution in [0.5, 0.6) is 0 Å². The Morgan fingerprint density at radius 1 is 0.818 bits per heavy atom. The summed E-state index contributed by atoms with van der Waals surface area (Å²) in [6.07, 6.45) is 7.87. The molecule has 0 saturated heterocycles. The third-order valence-electron chi connectivity index (χ3n) is 6.48. The molecular formula is C30H25NS2. The van der Waals surface area contributed by atoms with Gasteiger partial charge < -0.3 is 4.90 Å². The molecule has 1 aliphatic rings. The summed E-state index contributed by atoms with van der Waals surface area (Å²) in [7, 11) is 0. The van der Waals surface area contributed by atoms with Crippen LogP contribution in [0.25, 0.3) is 37.7 Å². The number of hydrogen-bond acceptors (Lipinski definition) is 3. The van der Waals surface area contributed by atoms with Crippen molar-refractivity contribution in [2.24, 2.45) is 0 Å². The number of thiophene rings is 1. The standard InChI is InChI=1S/C30H25NS2/c1-3-22-25(32-26-18-16-20-10-5-7-12-23(20)29(22)26)14-9-15-28-31(4-2)30-24-13-8-6-11-21(24)17-19-27(30)33-28/h5-19H,3-4H2,1-2H3. The Morgan fingerprint density at radius 3 is 2.33 bits per heavy atom. The van der Waals surface area contributed by atoms with E-state index >= 15 is 0 Å². The molecule has 1 aromatic heterocycles. The zero-order valence-electron chi connectivity index (χ0n) is 18.8. The van der Waals surface area contributed by atoms with Crippen molar-refractivity contribution in [3.63, 3.8) is 0 Å². The van der Waals surface area contributed by atoms with Gasteiger partial charge in [0.2, 0.25) is 0 Å². The van der Waals surface area contributed by atoms with Crippen LogP contribution in [0.2, 0.25) is 0 Å². The first kappa shape index (κ1) is 20.6. The first-order valence-corrected chi connectivity index (χ1v) is 13.2. The maximum Gasteiger partial charge on any atom is 0.0801 e. The van der Waals surface area contributed by atoms with E-state index in [1.54, 1.807) is 0 Å². The Hall–Kier alpha value is -3.01. The number of hydrogen-bond donors (Lipinski definition) is 0. The monoisotopic (exact) mass is 463 g/mol. The molecule has 0 fully saturated rings. The molecule has 0 bridgehead atoms. The van der Waals surface area contributed by atoms with Crippen molar-refractivity contribution in [1.82, 2.24) is 0 Å². The first-order valence-electron chi connectivity index (χ1n) is 11.6. The fraction of sp³-hybridized carbons (Fsp3) is 0.133. The SMILES string of the molecule is CCc1c(C=CC=C2Sc3ccc4ccccc4c3N2CC)sc2ccc3ccccc3c12. The maximum absolute atomic E-state index is 2.45. The van der Waals surface area contributed by atoms with Gasteiger partial charge in [-0.25, -0.2) is 0 Å². The molecule has 6 rings (SSSR count). The maximum atomic E-state index is 2.45. The van der Waals surface area contributed by atoms with Gasteiger partial charge in [0.25, 0.3) is 0 Å². The average molecular weight is 464 g/mol. The molecule has 33 heavy (non-hydrogen) atoms. The fourth-order valence-electron chi connectivity index (χ4n) is 4.97. The quantitative estimate of drug-likeness (QED) is 0.261. The van der Waals surface area contributed by atoms with E-state index in [-0.39, 0.29) is 0 Å². The van der Waals surface area contributed by atoms with Gasteiger partial charge >= 0.3 is 0 Å². The van der Waals surface area contributed by atoms with Crippen LogP contribution in [-0.4, -0.2) is 6.54 Å². The molecular weight excluding hydrogens is 438 g/mol. The second-order valence-electron chi connectivity index (χ2n) is 8.30. The lowest BCUT2D eigenvalue weighted by Gasteiger charge is -2.19. The Kier molecular flexibility index (Phi) is 5.24. The van der Waals surface area contributed by atoms with E-state index in [2.05, 4.69) is 110 Å². The fourth-order valence-corrected chi connectivity index (χ4v) is 7.35. The molecule has 0 spiro atoms. The van der Waals surface area contributed by atoms with E-state index in [0.29, 0.717) is 0 Å². The number of benzene rings is 4. The average Bonchev–Trinajstić information content (AvgIpc) is 3.41. The van der Waals surface area contributed by atoms with E-state index < -0.39 is 0 Å². The predicted octanol–water partition coefficient (Wildman–Crippen LogP) is 9.26. The molecule has 0 saturated carbocycles. The Morgan fingerprint density at radius 2 is 1.55 bits per heavy atom. The first-order chi connectivity index (χ1) is 16.3. The van der Waals surface area contributed by atoms with Gasteiger partial charge in [0.05, 0.1) is 10.7 Å². The number of thioether (sulfide) groups is 1. The van der Waals surface area contributed by atoms with E-state index in [1.807, 2.05) is 23.1 Å². The lowest BCUT2D eigenvalue weighted by Crippen LogP contribution is -2.16. The van der Waals surface area contributed by atoms with Gasteiger partial charge in [0.1, 0.15) is 0 Å². The summed E-state index contributed by atoms with van der Waals surface area (Å²) < 4.78 is 1.38. The molecule has 2 heterocycles. The van der Waals surface area contributed by atoms with Gasteiger partial charge in [0.15, 0.2) is 0 Å². The summed E-state index contributed by atoms with van der Waals surface area (Å²) in [5.41, 5.74) is 2.81. The minimum atomic E-state index is 0.961. The predicted molar refractivity (Wildman–Crippen MR) is 149 cm³/mol. The van der Waals surface area contributed by atoms with Gasteiger partial charge in [-0.05, 0) is 59.4 Å². The van der Waals surface area contributed by atoms with Crippen LogP contribution in [0.1, 0.15) is 24.3 Å². The van der Waals surface area contributed by atoms with Crippen LogP contribution in [0.15, 0.2) is 94.9 Å². The van der Waals surface area contributed by atoms with Crippen molar-refractivity contribution < 1.29 is 0 Å². The topological polar surface area (TPSA) is 3.24 Å². The minimum Gasteiger partial charge on any atom is -0.335 e. The van der Waals surface area contributed by atoms with Crippen molar-refractivity contribution in [2.45, 2.75) is 25.2 Å². The highest BCUT2D eigenvalue weighted by Crippen LogP contribution is 2.49. The smallest absolute Gasteiger partial charge is 0.0801 e. The molecule has 5 aromatic rings. The van der Waals surface area contributed by atoms with Crippen LogP contribution >= 0.6 is 23.1 Å². The third-order valence-corrected chi connectivity index (χ3v) is 8.76. The molecule has 4 aromatic carbocycles. The third kappa shape index (κ3) is 3.38. The van der Waals surface area contributed by atoms with Crippen LogP contribution in [0.3, 0.4) is 0 Å². The van der Waals surface area contributed by atoms with Crippen molar-refractivity contribution in [3.05, 3.63) is 100 Å². The number of allylic oxidation sites excluding steroid dienone is 2.